The number of carbonyl (C=O) groups is 1. The van der Waals surface area contributed by atoms with Gasteiger partial charge in [0.15, 0.2) is 0 Å². The van der Waals surface area contributed by atoms with E-state index in [4.69, 9.17) is 5.73 Å². The van der Waals surface area contributed by atoms with E-state index in [0.717, 1.165) is 12.1 Å². The fourth-order valence-corrected chi connectivity index (χ4v) is 1.19. The largest absolute Gasteiger partial charge is 0.416 e. The van der Waals surface area contributed by atoms with Crippen molar-refractivity contribution in [3.8, 4) is 0 Å². The van der Waals surface area contributed by atoms with E-state index in [1.165, 1.54) is 12.1 Å². The molecule has 3 nitrogen and oxygen atoms in total. The number of hydrogen-bond acceptors (Lipinski definition) is 2. The van der Waals surface area contributed by atoms with Crippen LogP contribution >= 0.6 is 0 Å². The molecule has 3 N–H and O–H groups in total. The van der Waals surface area contributed by atoms with Crippen molar-refractivity contribution in [3.05, 3.63) is 35.4 Å². The lowest BCUT2D eigenvalue weighted by molar-refractivity contribution is -0.137. The summed E-state index contributed by atoms with van der Waals surface area (Å²) in [4.78, 5) is 11.5. The Morgan fingerprint density at radius 1 is 1.47 bits per heavy atom. The van der Waals surface area contributed by atoms with Crippen molar-refractivity contribution >= 4 is 5.91 Å². The van der Waals surface area contributed by atoms with Crippen LogP contribution in [0.3, 0.4) is 0 Å². The monoisotopic (exact) mass is 246 g/mol. The summed E-state index contributed by atoms with van der Waals surface area (Å²) in [6.45, 7) is 1.90. The molecule has 94 valence electrons. The van der Waals surface area contributed by atoms with Crippen molar-refractivity contribution in [1.82, 2.24) is 5.32 Å². The topological polar surface area (TPSA) is 55.1 Å². The molecule has 0 aliphatic heterocycles. The lowest BCUT2D eigenvalue weighted by Crippen LogP contribution is -2.35. The first-order chi connectivity index (χ1) is 7.80. The minimum atomic E-state index is -4.45. The van der Waals surface area contributed by atoms with E-state index in [2.05, 4.69) is 5.32 Å². The Morgan fingerprint density at radius 3 is 2.65 bits per heavy atom. The van der Waals surface area contributed by atoms with Crippen LogP contribution in [0.2, 0.25) is 0 Å². The molecule has 0 saturated carbocycles. The number of amides is 1. The highest BCUT2D eigenvalue weighted by molar-refractivity contribution is 5.94. The fourth-order valence-electron chi connectivity index (χ4n) is 1.19. The van der Waals surface area contributed by atoms with Gasteiger partial charge in [0, 0.05) is 18.2 Å². The second kappa shape index (κ2) is 5.18. The van der Waals surface area contributed by atoms with Gasteiger partial charge in [-0.15, -0.1) is 0 Å². The highest BCUT2D eigenvalue weighted by Crippen LogP contribution is 2.29. The van der Waals surface area contributed by atoms with Crippen LogP contribution in [0.4, 0.5) is 13.2 Å². The zero-order chi connectivity index (χ0) is 13.1. The van der Waals surface area contributed by atoms with Crippen LogP contribution < -0.4 is 11.1 Å². The third-order valence-electron chi connectivity index (χ3n) is 2.04. The third-order valence-corrected chi connectivity index (χ3v) is 2.04. The molecular weight excluding hydrogens is 233 g/mol. The quantitative estimate of drug-likeness (QED) is 0.854. The summed E-state index contributed by atoms with van der Waals surface area (Å²) < 4.78 is 37.2. The lowest BCUT2D eigenvalue weighted by Gasteiger charge is -2.10. The highest BCUT2D eigenvalue weighted by atomic mass is 19.4. The standard InChI is InChI=1S/C11H13F3N2O/c1-7(15)6-16-10(17)8-3-2-4-9(5-8)11(12,13)14/h2-5,7H,6,15H2,1H3,(H,16,17)/t7-/m1/s1. The molecule has 0 fully saturated rings. The Bertz CT molecular complexity index is 402. The minimum absolute atomic E-state index is 0.0273. The van der Waals surface area contributed by atoms with Gasteiger partial charge < -0.3 is 11.1 Å². The molecule has 6 heteroatoms. The molecule has 0 spiro atoms. The van der Waals surface area contributed by atoms with Gasteiger partial charge in [0.1, 0.15) is 0 Å². The summed E-state index contributed by atoms with van der Waals surface area (Å²) in [5, 5.41) is 2.45. The van der Waals surface area contributed by atoms with Crippen LogP contribution in [0.5, 0.6) is 0 Å². The first kappa shape index (κ1) is 13.5. The van der Waals surface area contributed by atoms with Crippen LogP contribution in [-0.4, -0.2) is 18.5 Å². The first-order valence-corrected chi connectivity index (χ1v) is 5.01. The van der Waals surface area contributed by atoms with Crippen LogP contribution in [0.1, 0.15) is 22.8 Å². The first-order valence-electron chi connectivity index (χ1n) is 5.01. The second-order valence-corrected chi connectivity index (χ2v) is 3.77. The molecule has 0 aromatic heterocycles. The third kappa shape index (κ3) is 4.07. The molecule has 0 heterocycles. The van der Waals surface area contributed by atoms with Crippen LogP contribution in [0.25, 0.3) is 0 Å². The van der Waals surface area contributed by atoms with Gasteiger partial charge in [0.25, 0.3) is 5.91 Å². The van der Waals surface area contributed by atoms with Crippen LogP contribution in [-0.2, 0) is 6.18 Å². The Morgan fingerprint density at radius 2 is 2.12 bits per heavy atom. The number of hydrogen-bond donors (Lipinski definition) is 2. The van der Waals surface area contributed by atoms with Gasteiger partial charge in [-0.25, -0.2) is 0 Å². The number of nitrogens with one attached hydrogen (secondary N) is 1. The van der Waals surface area contributed by atoms with Gasteiger partial charge in [0.05, 0.1) is 5.56 Å². The molecule has 1 aromatic carbocycles. The average molecular weight is 246 g/mol. The molecule has 17 heavy (non-hydrogen) atoms. The predicted octanol–water partition coefficient (Wildman–Crippen LogP) is 1.78. The Kier molecular flexibility index (Phi) is 4.11. The Balaban J connectivity index is 2.81. The Hall–Kier alpha value is -1.56. The van der Waals surface area contributed by atoms with Crippen molar-refractivity contribution in [3.63, 3.8) is 0 Å². The van der Waals surface area contributed by atoms with E-state index in [9.17, 15) is 18.0 Å². The highest BCUT2D eigenvalue weighted by Gasteiger charge is 2.30. The number of nitrogens with two attached hydrogens (primary N) is 1. The van der Waals surface area contributed by atoms with Crippen molar-refractivity contribution < 1.29 is 18.0 Å². The zero-order valence-electron chi connectivity index (χ0n) is 9.21. The maximum absolute atomic E-state index is 12.4. The Labute approximate surface area is 96.8 Å². The molecule has 0 aliphatic rings. The van der Waals surface area contributed by atoms with E-state index in [0.29, 0.717) is 0 Å². The maximum Gasteiger partial charge on any atom is 0.416 e. The molecule has 0 aliphatic carbocycles. The number of halogens is 3. The molecule has 1 aromatic rings. The smallest absolute Gasteiger partial charge is 0.350 e. The molecule has 0 unspecified atom stereocenters. The van der Waals surface area contributed by atoms with Gasteiger partial charge in [-0.2, -0.15) is 13.2 Å². The molecule has 1 rings (SSSR count). The summed E-state index contributed by atoms with van der Waals surface area (Å²) in [5.41, 5.74) is 4.55. The predicted molar refractivity (Wildman–Crippen MR) is 57.4 cm³/mol. The van der Waals surface area contributed by atoms with Gasteiger partial charge in [-0.1, -0.05) is 6.07 Å². The molecule has 0 saturated heterocycles. The van der Waals surface area contributed by atoms with Gasteiger partial charge >= 0.3 is 6.18 Å². The van der Waals surface area contributed by atoms with Crippen molar-refractivity contribution in [2.24, 2.45) is 5.73 Å². The summed E-state index contributed by atoms with van der Waals surface area (Å²) in [6, 6.07) is 4.01. The lowest BCUT2D eigenvalue weighted by atomic mass is 10.1. The number of benzene rings is 1. The number of carbonyl (C=O) groups excluding carboxylic acids is 1. The molecule has 0 radical (unpaired) electrons. The van der Waals surface area contributed by atoms with E-state index >= 15 is 0 Å². The SMILES string of the molecule is C[C@@H](N)CNC(=O)c1cccc(C(F)(F)F)c1. The maximum atomic E-state index is 12.4. The molecule has 0 bridgehead atoms. The molecule has 1 atom stereocenters. The van der Waals surface area contributed by atoms with Crippen LogP contribution in [0.15, 0.2) is 24.3 Å². The number of rotatable bonds is 3. The van der Waals surface area contributed by atoms with Gasteiger partial charge in [-0.05, 0) is 25.1 Å². The van der Waals surface area contributed by atoms with Crippen molar-refractivity contribution in [1.29, 1.82) is 0 Å². The minimum Gasteiger partial charge on any atom is -0.350 e. The summed E-state index contributed by atoms with van der Waals surface area (Å²) in [6.07, 6.45) is -4.45. The fraction of sp³-hybridized carbons (Fsp3) is 0.364. The van der Waals surface area contributed by atoms with Crippen LogP contribution in [0, 0.1) is 0 Å². The second-order valence-electron chi connectivity index (χ2n) is 3.77. The van der Waals surface area contributed by atoms with E-state index < -0.39 is 17.6 Å². The van der Waals surface area contributed by atoms with E-state index in [1.807, 2.05) is 0 Å². The molecular formula is C11H13F3N2O. The zero-order valence-corrected chi connectivity index (χ0v) is 9.21. The summed E-state index contributed by atoms with van der Waals surface area (Å²) in [7, 11) is 0. The van der Waals surface area contributed by atoms with Gasteiger partial charge in [0.2, 0.25) is 0 Å². The average Bonchev–Trinajstić information content (AvgIpc) is 2.25. The normalized spacial score (nSPS) is 13.2. The van der Waals surface area contributed by atoms with Gasteiger partial charge in [-0.3, -0.25) is 4.79 Å². The van der Waals surface area contributed by atoms with Crippen molar-refractivity contribution in [2.75, 3.05) is 6.54 Å². The van der Waals surface area contributed by atoms with E-state index in [1.54, 1.807) is 6.92 Å². The van der Waals surface area contributed by atoms with Crippen molar-refractivity contribution in [2.45, 2.75) is 19.1 Å². The summed E-state index contributed by atoms with van der Waals surface area (Å²) >= 11 is 0. The summed E-state index contributed by atoms with van der Waals surface area (Å²) in [5.74, 6) is -0.562. The number of alkyl halides is 3. The molecule has 1 amide bonds. The van der Waals surface area contributed by atoms with E-state index in [-0.39, 0.29) is 18.2 Å².